The van der Waals surface area contributed by atoms with Gasteiger partial charge in [0.05, 0.1) is 17.2 Å². The minimum Gasteiger partial charge on any atom is -0.326 e. The molecule has 6 heteroatoms. The van der Waals surface area contributed by atoms with Gasteiger partial charge in [0.15, 0.2) is 9.84 Å². The summed E-state index contributed by atoms with van der Waals surface area (Å²) in [5, 5.41) is 0. The molecular formula is C12H19N3O2S. The summed E-state index contributed by atoms with van der Waals surface area (Å²) < 4.78 is 23.0. The normalized spacial score (nSPS) is 20.5. The van der Waals surface area contributed by atoms with Crippen molar-refractivity contribution in [3.05, 3.63) is 29.6 Å². The van der Waals surface area contributed by atoms with Crippen LogP contribution in [-0.2, 0) is 22.9 Å². The van der Waals surface area contributed by atoms with Crippen LogP contribution in [0.25, 0.3) is 0 Å². The zero-order valence-electron chi connectivity index (χ0n) is 10.4. The standard InChI is InChI=1S/C12H19N3O2S/c13-8-11-2-3-12(14-9-11)10-15-4-1-6-18(16,17)7-5-15/h2-3,9H,1,4-8,10,13H2. The van der Waals surface area contributed by atoms with Gasteiger partial charge >= 0.3 is 0 Å². The van der Waals surface area contributed by atoms with Gasteiger partial charge in [-0.3, -0.25) is 9.88 Å². The average Bonchev–Trinajstić information content (AvgIpc) is 2.52. The van der Waals surface area contributed by atoms with Crippen molar-refractivity contribution in [3.8, 4) is 0 Å². The molecule has 1 fully saturated rings. The quantitative estimate of drug-likeness (QED) is 0.846. The van der Waals surface area contributed by atoms with Crippen LogP contribution in [0.2, 0.25) is 0 Å². The third-order valence-corrected chi connectivity index (χ3v) is 4.87. The van der Waals surface area contributed by atoms with E-state index >= 15 is 0 Å². The third kappa shape index (κ3) is 3.76. The Hall–Kier alpha value is -0.980. The highest BCUT2D eigenvalue weighted by atomic mass is 32.2. The molecule has 1 aliphatic heterocycles. The second-order valence-electron chi connectivity index (χ2n) is 4.64. The summed E-state index contributed by atoms with van der Waals surface area (Å²) in [6.07, 6.45) is 2.49. The Balaban J connectivity index is 1.96. The largest absolute Gasteiger partial charge is 0.326 e. The topological polar surface area (TPSA) is 76.3 Å². The van der Waals surface area contributed by atoms with Crippen molar-refractivity contribution in [1.82, 2.24) is 9.88 Å². The minimum absolute atomic E-state index is 0.258. The van der Waals surface area contributed by atoms with Gasteiger partial charge in [-0.15, -0.1) is 0 Å². The van der Waals surface area contributed by atoms with Gasteiger partial charge in [-0.05, 0) is 24.6 Å². The predicted octanol–water partition coefficient (Wildman–Crippen LogP) is 0.161. The van der Waals surface area contributed by atoms with E-state index in [4.69, 9.17) is 5.73 Å². The molecular weight excluding hydrogens is 250 g/mol. The molecule has 1 aliphatic rings. The Bertz CT molecular complexity index is 485. The number of hydrogen-bond acceptors (Lipinski definition) is 5. The molecule has 1 aromatic heterocycles. The lowest BCUT2D eigenvalue weighted by molar-refractivity contribution is 0.284. The number of rotatable bonds is 3. The van der Waals surface area contributed by atoms with Crippen LogP contribution in [0.15, 0.2) is 18.3 Å². The fraction of sp³-hybridized carbons (Fsp3) is 0.583. The molecule has 0 bridgehead atoms. The molecule has 1 saturated heterocycles. The summed E-state index contributed by atoms with van der Waals surface area (Å²) >= 11 is 0. The molecule has 5 nitrogen and oxygen atoms in total. The summed E-state index contributed by atoms with van der Waals surface area (Å²) in [4.78, 5) is 6.49. The zero-order chi connectivity index (χ0) is 13.0. The first-order valence-electron chi connectivity index (χ1n) is 6.16. The first-order chi connectivity index (χ1) is 8.59. The van der Waals surface area contributed by atoms with Gasteiger partial charge in [-0.1, -0.05) is 6.07 Å². The number of nitrogens with two attached hydrogens (primary N) is 1. The molecule has 0 radical (unpaired) electrons. The Morgan fingerprint density at radius 1 is 1.28 bits per heavy atom. The summed E-state index contributed by atoms with van der Waals surface area (Å²) in [6.45, 7) is 2.62. The Morgan fingerprint density at radius 3 is 2.78 bits per heavy atom. The van der Waals surface area contributed by atoms with E-state index < -0.39 is 9.84 Å². The second kappa shape index (κ2) is 5.77. The SMILES string of the molecule is NCc1ccc(CN2CCCS(=O)(=O)CC2)nc1. The lowest BCUT2D eigenvalue weighted by Crippen LogP contribution is -2.27. The van der Waals surface area contributed by atoms with E-state index in [0.717, 1.165) is 17.8 Å². The van der Waals surface area contributed by atoms with E-state index in [1.54, 1.807) is 6.20 Å². The Morgan fingerprint density at radius 2 is 2.11 bits per heavy atom. The number of nitrogens with zero attached hydrogens (tertiary/aromatic N) is 2. The minimum atomic E-state index is -2.83. The van der Waals surface area contributed by atoms with E-state index in [9.17, 15) is 8.42 Å². The highest BCUT2D eigenvalue weighted by Crippen LogP contribution is 2.09. The van der Waals surface area contributed by atoms with Gasteiger partial charge in [-0.25, -0.2) is 8.42 Å². The zero-order valence-corrected chi connectivity index (χ0v) is 11.2. The van der Waals surface area contributed by atoms with Crippen LogP contribution < -0.4 is 5.73 Å². The summed E-state index contributed by atoms with van der Waals surface area (Å²) in [5.41, 5.74) is 7.49. The van der Waals surface area contributed by atoms with Gasteiger partial charge in [0.1, 0.15) is 0 Å². The molecule has 2 heterocycles. The van der Waals surface area contributed by atoms with E-state index in [2.05, 4.69) is 9.88 Å². The monoisotopic (exact) mass is 269 g/mol. The van der Waals surface area contributed by atoms with E-state index in [-0.39, 0.29) is 5.75 Å². The van der Waals surface area contributed by atoms with Crippen molar-refractivity contribution in [2.75, 3.05) is 24.6 Å². The smallest absolute Gasteiger partial charge is 0.151 e. The highest BCUT2D eigenvalue weighted by molar-refractivity contribution is 7.91. The second-order valence-corrected chi connectivity index (χ2v) is 6.95. The van der Waals surface area contributed by atoms with Gasteiger partial charge < -0.3 is 5.73 Å². The Kier molecular flexibility index (Phi) is 4.31. The molecule has 0 aromatic carbocycles. The van der Waals surface area contributed by atoms with Crippen LogP contribution in [0.1, 0.15) is 17.7 Å². The summed E-state index contributed by atoms with van der Waals surface area (Å²) in [6, 6.07) is 3.93. The van der Waals surface area contributed by atoms with Crippen molar-refractivity contribution in [2.45, 2.75) is 19.5 Å². The summed E-state index contributed by atoms with van der Waals surface area (Å²) in [7, 11) is -2.83. The summed E-state index contributed by atoms with van der Waals surface area (Å²) in [5.74, 6) is 0.566. The van der Waals surface area contributed by atoms with Crippen LogP contribution in [0.4, 0.5) is 0 Å². The lowest BCUT2D eigenvalue weighted by Gasteiger charge is -2.18. The fourth-order valence-electron chi connectivity index (χ4n) is 2.05. The van der Waals surface area contributed by atoms with Gasteiger partial charge in [-0.2, -0.15) is 0 Å². The molecule has 0 unspecified atom stereocenters. The van der Waals surface area contributed by atoms with Crippen LogP contribution in [0, 0.1) is 0 Å². The molecule has 0 aliphatic carbocycles. The highest BCUT2D eigenvalue weighted by Gasteiger charge is 2.19. The Labute approximate surface area is 108 Å². The van der Waals surface area contributed by atoms with E-state index in [1.807, 2.05) is 12.1 Å². The molecule has 2 N–H and O–H groups in total. The first kappa shape index (κ1) is 13.5. The number of sulfone groups is 1. The van der Waals surface area contributed by atoms with Crippen molar-refractivity contribution < 1.29 is 8.42 Å². The lowest BCUT2D eigenvalue weighted by atomic mass is 10.2. The molecule has 100 valence electrons. The molecule has 0 atom stereocenters. The van der Waals surface area contributed by atoms with Crippen LogP contribution in [0.3, 0.4) is 0 Å². The van der Waals surface area contributed by atoms with Gasteiger partial charge in [0.25, 0.3) is 0 Å². The first-order valence-corrected chi connectivity index (χ1v) is 7.98. The van der Waals surface area contributed by atoms with Crippen LogP contribution in [-0.4, -0.2) is 42.9 Å². The van der Waals surface area contributed by atoms with E-state index in [1.165, 1.54) is 0 Å². The predicted molar refractivity (Wildman–Crippen MR) is 70.7 cm³/mol. The van der Waals surface area contributed by atoms with Crippen molar-refractivity contribution >= 4 is 9.84 Å². The van der Waals surface area contributed by atoms with Crippen LogP contribution in [0.5, 0.6) is 0 Å². The average molecular weight is 269 g/mol. The maximum absolute atomic E-state index is 11.5. The van der Waals surface area contributed by atoms with Crippen molar-refractivity contribution in [3.63, 3.8) is 0 Å². The van der Waals surface area contributed by atoms with Crippen LogP contribution >= 0.6 is 0 Å². The molecule has 1 aromatic rings. The number of aromatic nitrogens is 1. The third-order valence-electron chi connectivity index (χ3n) is 3.16. The number of hydrogen-bond donors (Lipinski definition) is 1. The van der Waals surface area contributed by atoms with E-state index in [0.29, 0.717) is 31.8 Å². The maximum Gasteiger partial charge on any atom is 0.151 e. The van der Waals surface area contributed by atoms with Crippen molar-refractivity contribution in [1.29, 1.82) is 0 Å². The van der Waals surface area contributed by atoms with Gasteiger partial charge in [0.2, 0.25) is 0 Å². The number of pyridine rings is 1. The molecule has 0 saturated carbocycles. The molecule has 2 rings (SSSR count). The van der Waals surface area contributed by atoms with Gasteiger partial charge in [0, 0.05) is 25.8 Å². The molecule has 18 heavy (non-hydrogen) atoms. The van der Waals surface area contributed by atoms with Crippen molar-refractivity contribution in [2.24, 2.45) is 5.73 Å². The molecule has 0 spiro atoms. The maximum atomic E-state index is 11.5. The fourth-order valence-corrected chi connectivity index (χ4v) is 3.36. The molecule has 0 amide bonds.